The molecule has 1 saturated carbocycles. The van der Waals surface area contributed by atoms with Crippen LogP contribution in [0.5, 0.6) is 0 Å². The second-order valence-corrected chi connectivity index (χ2v) is 8.82. The number of benzene rings is 1. The van der Waals surface area contributed by atoms with Crippen LogP contribution in [0.4, 0.5) is 0 Å². The van der Waals surface area contributed by atoms with Crippen LogP contribution < -0.4 is 5.32 Å². The smallest absolute Gasteiger partial charge is 0.243 e. The Labute approximate surface area is 143 Å². The molecule has 1 N–H and O–H groups in total. The van der Waals surface area contributed by atoms with Gasteiger partial charge in [-0.2, -0.15) is 4.31 Å². The number of allylic oxidation sites excluding steroid dienone is 1. The maximum absolute atomic E-state index is 12.6. The molecule has 1 aromatic rings. The molecule has 1 heterocycles. The van der Waals surface area contributed by atoms with Gasteiger partial charge in [-0.25, -0.2) is 8.42 Å². The van der Waals surface area contributed by atoms with Crippen molar-refractivity contribution in [3.63, 3.8) is 0 Å². The molecule has 0 aromatic heterocycles. The maximum Gasteiger partial charge on any atom is 0.243 e. The zero-order valence-corrected chi connectivity index (χ0v) is 14.5. The standard InChI is InChI=1S/C18H24N2O3S/c21-24(22,20-8-10-23-11-9-20)16-6-4-14(5-7-16)13-19-18-12-15-2-1-3-17(15)18/h1,3-7,15,17-19H,2,8-13H2/t15-,17+,18-/m1/s1. The average molecular weight is 348 g/mol. The zero-order chi connectivity index (χ0) is 16.6. The molecule has 1 saturated heterocycles. The van der Waals surface area contributed by atoms with Gasteiger partial charge in [-0.1, -0.05) is 24.3 Å². The second-order valence-electron chi connectivity index (χ2n) is 6.88. The van der Waals surface area contributed by atoms with Gasteiger partial charge in [0.15, 0.2) is 0 Å². The molecule has 2 aliphatic carbocycles. The SMILES string of the molecule is O=S(=O)(c1ccc(CN[C@@H]2C[C@H]3CC=C[C@@H]32)cc1)N1CCOCC1. The van der Waals surface area contributed by atoms with Crippen LogP contribution in [-0.4, -0.2) is 45.1 Å². The number of ether oxygens (including phenoxy) is 1. The van der Waals surface area contributed by atoms with E-state index < -0.39 is 10.0 Å². The Hall–Kier alpha value is -1.21. The van der Waals surface area contributed by atoms with Crippen molar-refractivity contribution in [3.05, 3.63) is 42.0 Å². The van der Waals surface area contributed by atoms with Gasteiger partial charge in [0.25, 0.3) is 0 Å². The summed E-state index contributed by atoms with van der Waals surface area (Å²) in [6.07, 6.45) is 7.12. The summed E-state index contributed by atoms with van der Waals surface area (Å²) in [5, 5.41) is 3.60. The fraction of sp³-hybridized carbons (Fsp3) is 0.556. The monoisotopic (exact) mass is 348 g/mol. The minimum absolute atomic E-state index is 0.371. The van der Waals surface area contributed by atoms with Gasteiger partial charge in [0.2, 0.25) is 10.0 Å². The number of rotatable bonds is 5. The maximum atomic E-state index is 12.6. The molecule has 2 fully saturated rings. The van der Waals surface area contributed by atoms with E-state index in [4.69, 9.17) is 4.74 Å². The van der Waals surface area contributed by atoms with E-state index in [-0.39, 0.29) is 0 Å². The van der Waals surface area contributed by atoms with E-state index >= 15 is 0 Å². The Balaban J connectivity index is 1.36. The van der Waals surface area contributed by atoms with Crippen molar-refractivity contribution in [2.75, 3.05) is 26.3 Å². The highest BCUT2D eigenvalue weighted by Gasteiger charge is 2.40. The van der Waals surface area contributed by atoms with Crippen molar-refractivity contribution >= 4 is 10.0 Å². The molecule has 0 unspecified atom stereocenters. The minimum atomic E-state index is -3.39. The first-order valence-electron chi connectivity index (χ1n) is 8.71. The highest BCUT2D eigenvalue weighted by molar-refractivity contribution is 7.89. The quantitative estimate of drug-likeness (QED) is 0.824. The number of fused-ring (bicyclic) bond motifs is 1. The molecule has 24 heavy (non-hydrogen) atoms. The summed E-state index contributed by atoms with van der Waals surface area (Å²) in [6.45, 7) is 2.60. The Morgan fingerprint density at radius 3 is 2.62 bits per heavy atom. The lowest BCUT2D eigenvalue weighted by Gasteiger charge is -2.40. The number of nitrogens with zero attached hydrogens (tertiary/aromatic N) is 1. The Morgan fingerprint density at radius 1 is 1.17 bits per heavy atom. The summed E-state index contributed by atoms with van der Waals surface area (Å²) in [6, 6.07) is 7.86. The molecule has 0 amide bonds. The minimum Gasteiger partial charge on any atom is -0.379 e. The first-order valence-corrected chi connectivity index (χ1v) is 10.2. The first kappa shape index (κ1) is 16.3. The molecule has 3 aliphatic rings. The number of hydrogen-bond acceptors (Lipinski definition) is 4. The number of sulfonamides is 1. The van der Waals surface area contributed by atoms with Crippen LogP contribution in [0.1, 0.15) is 18.4 Å². The van der Waals surface area contributed by atoms with Crippen molar-refractivity contribution in [3.8, 4) is 0 Å². The van der Waals surface area contributed by atoms with E-state index in [2.05, 4.69) is 17.5 Å². The molecule has 3 atom stereocenters. The third kappa shape index (κ3) is 3.04. The summed E-state index contributed by atoms with van der Waals surface area (Å²) >= 11 is 0. The van der Waals surface area contributed by atoms with E-state index in [9.17, 15) is 8.42 Å². The predicted molar refractivity (Wildman–Crippen MR) is 92.0 cm³/mol. The van der Waals surface area contributed by atoms with Gasteiger partial charge in [-0.15, -0.1) is 0 Å². The third-order valence-corrected chi connectivity index (χ3v) is 7.38. The summed E-state index contributed by atoms with van der Waals surface area (Å²) in [4.78, 5) is 0.371. The zero-order valence-electron chi connectivity index (χ0n) is 13.7. The van der Waals surface area contributed by atoms with Crippen LogP contribution in [0.15, 0.2) is 41.3 Å². The van der Waals surface area contributed by atoms with Crippen LogP contribution in [0.2, 0.25) is 0 Å². The van der Waals surface area contributed by atoms with Crippen molar-refractivity contribution in [1.82, 2.24) is 9.62 Å². The van der Waals surface area contributed by atoms with E-state index in [0.717, 1.165) is 18.0 Å². The van der Waals surface area contributed by atoms with E-state index in [1.54, 1.807) is 12.1 Å². The Bertz CT molecular complexity index is 708. The Kier molecular flexibility index (Phi) is 4.47. The molecular formula is C18H24N2O3S. The summed E-state index contributed by atoms with van der Waals surface area (Å²) < 4.78 is 31.9. The normalized spacial score (nSPS) is 30.1. The van der Waals surface area contributed by atoms with Crippen molar-refractivity contribution in [1.29, 1.82) is 0 Å². The van der Waals surface area contributed by atoms with Gasteiger partial charge in [0.05, 0.1) is 18.1 Å². The van der Waals surface area contributed by atoms with Crippen molar-refractivity contribution in [2.24, 2.45) is 11.8 Å². The topological polar surface area (TPSA) is 58.6 Å². The molecule has 130 valence electrons. The predicted octanol–water partition coefficient (Wildman–Crippen LogP) is 1.76. The van der Waals surface area contributed by atoms with Gasteiger partial charge in [0, 0.05) is 25.7 Å². The third-order valence-electron chi connectivity index (χ3n) is 5.46. The first-order chi connectivity index (χ1) is 11.6. The van der Waals surface area contributed by atoms with Crippen LogP contribution in [0.3, 0.4) is 0 Å². The fourth-order valence-corrected chi connectivity index (χ4v) is 5.32. The molecule has 0 bridgehead atoms. The molecule has 0 radical (unpaired) electrons. The molecule has 1 aromatic carbocycles. The van der Waals surface area contributed by atoms with Gasteiger partial charge in [0.1, 0.15) is 0 Å². The molecule has 5 nitrogen and oxygen atoms in total. The Morgan fingerprint density at radius 2 is 1.92 bits per heavy atom. The molecule has 0 spiro atoms. The van der Waals surface area contributed by atoms with Crippen LogP contribution in [-0.2, 0) is 21.3 Å². The highest BCUT2D eigenvalue weighted by atomic mass is 32.2. The van der Waals surface area contributed by atoms with Gasteiger partial charge in [-0.3, -0.25) is 0 Å². The van der Waals surface area contributed by atoms with Crippen molar-refractivity contribution in [2.45, 2.75) is 30.3 Å². The highest BCUT2D eigenvalue weighted by Crippen LogP contribution is 2.42. The van der Waals surface area contributed by atoms with E-state index in [1.807, 2.05) is 12.1 Å². The average Bonchev–Trinajstić information content (AvgIpc) is 2.97. The molecule has 1 aliphatic heterocycles. The van der Waals surface area contributed by atoms with Crippen LogP contribution in [0, 0.1) is 11.8 Å². The fourth-order valence-electron chi connectivity index (χ4n) is 3.91. The van der Waals surface area contributed by atoms with Crippen LogP contribution >= 0.6 is 0 Å². The lowest BCUT2D eigenvalue weighted by molar-refractivity contribution is 0.0730. The number of nitrogens with one attached hydrogen (secondary N) is 1. The second kappa shape index (κ2) is 6.59. The number of hydrogen-bond donors (Lipinski definition) is 1. The molecular weight excluding hydrogens is 324 g/mol. The number of morpholine rings is 1. The summed E-state index contributed by atoms with van der Waals surface area (Å²) in [5.41, 5.74) is 1.13. The van der Waals surface area contributed by atoms with E-state index in [0.29, 0.717) is 43.2 Å². The van der Waals surface area contributed by atoms with E-state index in [1.165, 1.54) is 17.1 Å². The van der Waals surface area contributed by atoms with Crippen LogP contribution in [0.25, 0.3) is 0 Å². The summed E-state index contributed by atoms with van der Waals surface area (Å²) in [7, 11) is -3.39. The van der Waals surface area contributed by atoms with Gasteiger partial charge in [-0.05, 0) is 42.4 Å². The van der Waals surface area contributed by atoms with Crippen molar-refractivity contribution < 1.29 is 13.2 Å². The molecule has 6 heteroatoms. The lowest BCUT2D eigenvalue weighted by atomic mass is 9.71. The lowest BCUT2D eigenvalue weighted by Crippen LogP contribution is -2.47. The largest absolute Gasteiger partial charge is 0.379 e. The van der Waals surface area contributed by atoms with Gasteiger partial charge >= 0.3 is 0 Å². The molecule has 4 rings (SSSR count). The summed E-state index contributed by atoms with van der Waals surface area (Å²) in [5.74, 6) is 1.55. The van der Waals surface area contributed by atoms with Gasteiger partial charge < -0.3 is 10.1 Å².